The summed E-state index contributed by atoms with van der Waals surface area (Å²) >= 11 is 0. The molecule has 0 amide bonds. The largest absolute Gasteiger partial charge is 0.316 e. The maximum atomic E-state index is 11.8. The third-order valence-electron chi connectivity index (χ3n) is 4.42. The minimum absolute atomic E-state index is 0.202. The van der Waals surface area contributed by atoms with E-state index in [0.29, 0.717) is 19.0 Å². The van der Waals surface area contributed by atoms with Gasteiger partial charge >= 0.3 is 0 Å². The lowest BCUT2D eigenvalue weighted by Crippen LogP contribution is -2.36. The van der Waals surface area contributed by atoms with Crippen LogP contribution < -0.4 is 10.0 Å². The third-order valence-corrected chi connectivity index (χ3v) is 5.77. The average Bonchev–Trinajstić information content (AvgIpc) is 2.94. The third kappa shape index (κ3) is 3.93. The Labute approximate surface area is 111 Å². The van der Waals surface area contributed by atoms with Crippen LogP contribution in [0.3, 0.4) is 0 Å². The molecule has 2 rings (SSSR count). The van der Waals surface area contributed by atoms with Crippen LogP contribution in [0.25, 0.3) is 0 Å². The second kappa shape index (κ2) is 6.35. The summed E-state index contributed by atoms with van der Waals surface area (Å²) in [5.41, 5.74) is 0. The van der Waals surface area contributed by atoms with E-state index in [1.54, 1.807) is 0 Å². The van der Waals surface area contributed by atoms with Crippen molar-refractivity contribution in [1.82, 2.24) is 10.0 Å². The number of hydrogen-bond acceptors (Lipinski definition) is 3. The predicted molar refractivity (Wildman–Crippen MR) is 73.9 cm³/mol. The van der Waals surface area contributed by atoms with E-state index in [-0.39, 0.29) is 5.75 Å². The molecular formula is C13H26N2O2S. The topological polar surface area (TPSA) is 58.2 Å². The van der Waals surface area contributed by atoms with Crippen LogP contribution in [-0.4, -0.2) is 33.8 Å². The van der Waals surface area contributed by atoms with E-state index < -0.39 is 10.0 Å². The molecule has 3 unspecified atom stereocenters. The van der Waals surface area contributed by atoms with E-state index in [2.05, 4.69) is 17.0 Å². The first-order valence-electron chi connectivity index (χ1n) is 7.28. The zero-order valence-electron chi connectivity index (χ0n) is 11.3. The molecule has 4 nitrogen and oxygen atoms in total. The molecular weight excluding hydrogens is 248 g/mol. The zero-order chi connectivity index (χ0) is 13.0. The molecule has 2 fully saturated rings. The molecule has 0 radical (unpaired) electrons. The average molecular weight is 274 g/mol. The highest BCUT2D eigenvalue weighted by Crippen LogP contribution is 2.47. The molecule has 18 heavy (non-hydrogen) atoms. The van der Waals surface area contributed by atoms with Gasteiger partial charge in [0.2, 0.25) is 10.0 Å². The van der Waals surface area contributed by atoms with E-state index in [4.69, 9.17) is 0 Å². The van der Waals surface area contributed by atoms with Gasteiger partial charge in [-0.15, -0.1) is 0 Å². The Balaban J connectivity index is 1.65. The van der Waals surface area contributed by atoms with Gasteiger partial charge in [-0.05, 0) is 50.0 Å². The summed E-state index contributed by atoms with van der Waals surface area (Å²) in [6.45, 7) is 4.19. The summed E-state index contributed by atoms with van der Waals surface area (Å²) < 4.78 is 26.4. The number of hydrogen-bond donors (Lipinski definition) is 2. The summed E-state index contributed by atoms with van der Waals surface area (Å²) in [4.78, 5) is 0. The molecule has 2 saturated carbocycles. The first kappa shape index (κ1) is 14.3. The fourth-order valence-electron chi connectivity index (χ4n) is 3.44. The molecule has 0 aliphatic heterocycles. The zero-order valence-corrected chi connectivity index (χ0v) is 12.1. The van der Waals surface area contributed by atoms with Gasteiger partial charge in [-0.3, -0.25) is 0 Å². The Morgan fingerprint density at radius 1 is 1.17 bits per heavy atom. The van der Waals surface area contributed by atoms with Crippen LogP contribution >= 0.6 is 0 Å². The molecule has 2 N–H and O–H groups in total. The van der Waals surface area contributed by atoms with Crippen LogP contribution in [0.5, 0.6) is 0 Å². The van der Waals surface area contributed by atoms with E-state index in [0.717, 1.165) is 24.8 Å². The van der Waals surface area contributed by atoms with Gasteiger partial charge in [-0.25, -0.2) is 13.1 Å². The van der Waals surface area contributed by atoms with Crippen LogP contribution in [0.4, 0.5) is 0 Å². The Bertz CT molecular complexity index is 356. The standard InChI is InChI=1S/C13H26N2O2S/c1-2-5-14-6-7-18(16,17)15-10-13-9-11-3-4-12(13)8-11/h11-15H,2-10H2,1H3. The number of fused-ring (bicyclic) bond motifs is 2. The molecule has 3 atom stereocenters. The van der Waals surface area contributed by atoms with Crippen LogP contribution in [0, 0.1) is 17.8 Å². The van der Waals surface area contributed by atoms with E-state index >= 15 is 0 Å². The van der Waals surface area contributed by atoms with Gasteiger partial charge in [0, 0.05) is 13.1 Å². The Kier molecular flexibility index (Phi) is 5.04. The fourth-order valence-corrected chi connectivity index (χ4v) is 4.47. The van der Waals surface area contributed by atoms with Gasteiger partial charge in [0.05, 0.1) is 5.75 Å². The smallest absolute Gasteiger partial charge is 0.212 e. The van der Waals surface area contributed by atoms with E-state index in [1.165, 1.54) is 25.7 Å². The van der Waals surface area contributed by atoms with Crippen LogP contribution in [0.1, 0.15) is 39.0 Å². The van der Waals surface area contributed by atoms with Gasteiger partial charge in [0.1, 0.15) is 0 Å². The summed E-state index contributed by atoms with van der Waals surface area (Å²) in [7, 11) is -3.08. The lowest BCUT2D eigenvalue weighted by atomic mass is 9.89. The maximum absolute atomic E-state index is 11.8. The van der Waals surface area contributed by atoms with Gasteiger partial charge in [0.25, 0.3) is 0 Å². The summed E-state index contributed by atoms with van der Waals surface area (Å²) in [5, 5.41) is 3.13. The normalized spacial score (nSPS) is 31.1. The van der Waals surface area contributed by atoms with Crippen molar-refractivity contribution in [3.63, 3.8) is 0 Å². The molecule has 2 aliphatic carbocycles. The van der Waals surface area contributed by atoms with Crippen molar-refractivity contribution in [2.24, 2.45) is 17.8 Å². The number of rotatable bonds is 8. The molecule has 2 aliphatic rings. The Morgan fingerprint density at radius 3 is 2.61 bits per heavy atom. The van der Waals surface area contributed by atoms with Crippen molar-refractivity contribution >= 4 is 10.0 Å². The molecule has 0 aromatic rings. The number of sulfonamides is 1. The minimum atomic E-state index is -3.08. The predicted octanol–water partition coefficient (Wildman–Crippen LogP) is 1.34. The Morgan fingerprint density at radius 2 is 2.00 bits per heavy atom. The lowest BCUT2D eigenvalue weighted by Gasteiger charge is -2.21. The molecule has 5 heteroatoms. The van der Waals surface area contributed by atoms with Gasteiger partial charge in [-0.1, -0.05) is 13.3 Å². The van der Waals surface area contributed by atoms with Crippen molar-refractivity contribution in [2.75, 3.05) is 25.4 Å². The molecule has 0 aromatic carbocycles. The van der Waals surface area contributed by atoms with Crippen molar-refractivity contribution in [2.45, 2.75) is 39.0 Å². The highest BCUT2D eigenvalue weighted by Gasteiger charge is 2.39. The highest BCUT2D eigenvalue weighted by atomic mass is 32.2. The summed E-state index contributed by atoms with van der Waals surface area (Å²) in [5.74, 6) is 2.47. The minimum Gasteiger partial charge on any atom is -0.316 e. The fraction of sp³-hybridized carbons (Fsp3) is 1.00. The molecule has 0 heterocycles. The maximum Gasteiger partial charge on any atom is 0.212 e. The van der Waals surface area contributed by atoms with Crippen LogP contribution in [0.15, 0.2) is 0 Å². The van der Waals surface area contributed by atoms with E-state index in [1.807, 2.05) is 0 Å². The van der Waals surface area contributed by atoms with Gasteiger partial charge in [-0.2, -0.15) is 0 Å². The molecule has 0 spiro atoms. The second-order valence-electron chi connectivity index (χ2n) is 5.85. The first-order valence-corrected chi connectivity index (χ1v) is 8.94. The van der Waals surface area contributed by atoms with Gasteiger partial charge in [0.15, 0.2) is 0 Å². The van der Waals surface area contributed by atoms with Gasteiger partial charge < -0.3 is 5.32 Å². The lowest BCUT2D eigenvalue weighted by molar-refractivity contribution is 0.333. The first-order chi connectivity index (χ1) is 8.61. The molecule has 0 aromatic heterocycles. The molecule has 2 bridgehead atoms. The highest BCUT2D eigenvalue weighted by molar-refractivity contribution is 7.89. The van der Waals surface area contributed by atoms with Crippen molar-refractivity contribution in [1.29, 1.82) is 0 Å². The van der Waals surface area contributed by atoms with Crippen molar-refractivity contribution in [3.8, 4) is 0 Å². The summed E-state index contributed by atoms with van der Waals surface area (Å²) in [6.07, 6.45) is 6.30. The quantitative estimate of drug-likeness (QED) is 0.657. The van der Waals surface area contributed by atoms with E-state index in [9.17, 15) is 8.42 Å². The monoisotopic (exact) mass is 274 g/mol. The van der Waals surface area contributed by atoms with Crippen LogP contribution in [0.2, 0.25) is 0 Å². The van der Waals surface area contributed by atoms with Crippen LogP contribution in [-0.2, 0) is 10.0 Å². The van der Waals surface area contributed by atoms with Crippen molar-refractivity contribution < 1.29 is 8.42 Å². The number of nitrogens with one attached hydrogen (secondary N) is 2. The molecule has 0 saturated heterocycles. The summed E-state index contributed by atoms with van der Waals surface area (Å²) in [6, 6.07) is 0. The SMILES string of the molecule is CCCNCCS(=O)(=O)NCC1CC2CCC1C2. The van der Waals surface area contributed by atoms with Crippen molar-refractivity contribution in [3.05, 3.63) is 0 Å². The second-order valence-corrected chi connectivity index (χ2v) is 7.78. The molecule has 106 valence electrons. The Hall–Kier alpha value is -0.130.